The van der Waals surface area contributed by atoms with Crippen molar-refractivity contribution < 1.29 is 23.1 Å². The lowest BCUT2D eigenvalue weighted by molar-refractivity contribution is 0.0515. The van der Waals surface area contributed by atoms with E-state index < -0.39 is 22.1 Å². The van der Waals surface area contributed by atoms with Gasteiger partial charge in [-0.3, -0.25) is 0 Å². The maximum absolute atomic E-state index is 12.9. The number of sulfonamides is 1. The fraction of sp³-hybridized carbons (Fsp3) is 0.323. The van der Waals surface area contributed by atoms with E-state index in [0.717, 1.165) is 34.0 Å². The minimum Gasteiger partial charge on any atom is -0.461 e. The van der Waals surface area contributed by atoms with Crippen molar-refractivity contribution in [3.8, 4) is 0 Å². The topological polar surface area (TPSA) is 101 Å². The first-order valence-corrected chi connectivity index (χ1v) is 15.3. The van der Waals surface area contributed by atoms with Crippen molar-refractivity contribution in [2.45, 2.75) is 43.9 Å². The quantitative estimate of drug-likeness (QED) is 0.222. The number of esters is 1. The second-order valence-corrected chi connectivity index (χ2v) is 12.8. The summed E-state index contributed by atoms with van der Waals surface area (Å²) < 4.78 is 33.3. The van der Waals surface area contributed by atoms with E-state index in [1.165, 1.54) is 18.4 Å². The predicted molar refractivity (Wildman–Crippen MR) is 162 cm³/mol. The Kier molecular flexibility index (Phi) is 9.88. The predicted octanol–water partition coefficient (Wildman–Crippen LogP) is 5.02. The summed E-state index contributed by atoms with van der Waals surface area (Å²) >= 11 is 6.05. The average molecular weight is 598 g/mol. The van der Waals surface area contributed by atoms with Gasteiger partial charge in [-0.15, -0.1) is 0 Å². The molecule has 4 aromatic rings. The van der Waals surface area contributed by atoms with Gasteiger partial charge in [0.25, 0.3) is 0 Å². The normalized spacial score (nSPS) is 13.4. The highest BCUT2D eigenvalue weighted by molar-refractivity contribution is 7.89. The Morgan fingerprint density at radius 3 is 2.41 bits per heavy atom. The Balaban J connectivity index is 1.53. The van der Waals surface area contributed by atoms with Gasteiger partial charge < -0.3 is 19.7 Å². The molecule has 0 bridgehead atoms. The molecule has 41 heavy (non-hydrogen) atoms. The molecular formula is C31H36ClN3O5S. The van der Waals surface area contributed by atoms with Crippen molar-refractivity contribution in [1.82, 2.24) is 14.2 Å². The van der Waals surface area contributed by atoms with Crippen LogP contribution in [0.2, 0.25) is 5.02 Å². The summed E-state index contributed by atoms with van der Waals surface area (Å²) in [5.41, 5.74) is 4.01. The molecule has 2 atom stereocenters. The van der Waals surface area contributed by atoms with Gasteiger partial charge in [0.15, 0.2) is 0 Å². The third-order valence-corrected chi connectivity index (χ3v) is 8.99. The van der Waals surface area contributed by atoms with Crippen LogP contribution >= 0.6 is 11.6 Å². The summed E-state index contributed by atoms with van der Waals surface area (Å²) in [5.74, 6) is -0.415. The Bertz CT molecular complexity index is 1620. The minimum atomic E-state index is -3.53. The molecule has 0 amide bonds. The molecule has 0 saturated carbocycles. The number of nitrogens with zero attached hydrogens (tertiary/aromatic N) is 2. The number of benzene rings is 3. The van der Waals surface area contributed by atoms with Crippen molar-refractivity contribution in [1.29, 1.82) is 0 Å². The summed E-state index contributed by atoms with van der Waals surface area (Å²) in [6.45, 7) is 4.85. The van der Waals surface area contributed by atoms with Crippen molar-refractivity contribution in [2.24, 2.45) is 0 Å². The van der Waals surface area contributed by atoms with Gasteiger partial charge in [-0.05, 0) is 79.4 Å². The van der Waals surface area contributed by atoms with Gasteiger partial charge in [0.05, 0.1) is 17.6 Å². The number of rotatable bonds is 12. The first-order valence-electron chi connectivity index (χ1n) is 13.5. The van der Waals surface area contributed by atoms with Crippen LogP contribution in [-0.4, -0.2) is 61.7 Å². The number of hydrogen-bond acceptors (Lipinski definition) is 6. The Hall–Kier alpha value is -3.21. The monoisotopic (exact) mass is 597 g/mol. The third-order valence-electron chi connectivity index (χ3n) is 6.93. The molecule has 3 aromatic carbocycles. The molecule has 0 unspecified atom stereocenters. The van der Waals surface area contributed by atoms with Crippen LogP contribution in [0.4, 0.5) is 0 Å². The number of ether oxygens (including phenoxy) is 1. The Morgan fingerprint density at radius 2 is 1.76 bits per heavy atom. The van der Waals surface area contributed by atoms with Gasteiger partial charge in [-0.1, -0.05) is 41.9 Å². The van der Waals surface area contributed by atoms with Crippen LogP contribution in [0.25, 0.3) is 10.9 Å². The van der Waals surface area contributed by atoms with E-state index in [-0.39, 0.29) is 17.5 Å². The highest BCUT2D eigenvalue weighted by Crippen LogP contribution is 2.25. The van der Waals surface area contributed by atoms with Gasteiger partial charge in [0, 0.05) is 49.2 Å². The van der Waals surface area contributed by atoms with Gasteiger partial charge in [-0.25, -0.2) is 17.5 Å². The lowest BCUT2D eigenvalue weighted by Crippen LogP contribution is -2.32. The molecule has 4 rings (SSSR count). The van der Waals surface area contributed by atoms with Gasteiger partial charge in [-0.2, -0.15) is 0 Å². The van der Waals surface area contributed by atoms with E-state index in [1.54, 1.807) is 43.3 Å². The molecule has 0 aliphatic rings. The van der Waals surface area contributed by atoms with Crippen LogP contribution in [0.1, 0.15) is 47.1 Å². The zero-order chi connectivity index (χ0) is 29.7. The maximum Gasteiger partial charge on any atom is 0.354 e. The summed E-state index contributed by atoms with van der Waals surface area (Å²) in [6, 6.07) is 21.9. The molecule has 8 nitrogen and oxygen atoms in total. The Labute approximate surface area is 246 Å². The molecular weight excluding hydrogens is 562 g/mol. The summed E-state index contributed by atoms with van der Waals surface area (Å²) in [7, 11) is -0.538. The molecule has 0 aliphatic heterocycles. The second kappa shape index (κ2) is 13.2. The molecule has 1 heterocycles. The lowest BCUT2D eigenvalue weighted by atomic mass is 10.0. The summed E-state index contributed by atoms with van der Waals surface area (Å²) in [6.07, 6.45) is 0.0526. The van der Waals surface area contributed by atoms with E-state index in [2.05, 4.69) is 18.3 Å². The molecule has 218 valence electrons. The number of carbonyl (C=O) groups excluding carboxylic acids is 1. The highest BCUT2D eigenvalue weighted by atomic mass is 35.5. The van der Waals surface area contributed by atoms with Crippen LogP contribution in [0.3, 0.4) is 0 Å². The maximum atomic E-state index is 12.9. The van der Waals surface area contributed by atoms with Crippen LogP contribution in [-0.2, 0) is 27.7 Å². The van der Waals surface area contributed by atoms with Crippen LogP contribution in [0.5, 0.6) is 0 Å². The fourth-order valence-corrected chi connectivity index (χ4v) is 5.82. The average Bonchev–Trinajstić information content (AvgIpc) is 3.29. The standard InChI is InChI=1S/C31H36ClN3O5S/c1-5-40-31(37)29-18-25-16-23(15-21(2)33-19-30(36)24-7-6-8-26(32)17-24)11-14-28(25)35(29)20-22-9-12-27(13-10-22)41(38,39)34(3)4/h6-14,16-18,21,30,33,36H,5,15,19-20H2,1-4H3/t21-,30+/m1/s1. The summed E-state index contributed by atoms with van der Waals surface area (Å²) in [4.78, 5) is 13.1. The molecule has 0 radical (unpaired) electrons. The number of aromatic nitrogens is 1. The van der Waals surface area contributed by atoms with Crippen molar-refractivity contribution >= 4 is 38.5 Å². The van der Waals surface area contributed by atoms with Crippen molar-refractivity contribution in [3.05, 3.63) is 100 Å². The zero-order valence-electron chi connectivity index (χ0n) is 23.7. The molecule has 1 aromatic heterocycles. The van der Waals surface area contributed by atoms with Gasteiger partial charge >= 0.3 is 5.97 Å². The van der Waals surface area contributed by atoms with Crippen LogP contribution < -0.4 is 5.32 Å². The first kappa shape index (κ1) is 30.7. The van der Waals surface area contributed by atoms with E-state index >= 15 is 0 Å². The zero-order valence-corrected chi connectivity index (χ0v) is 25.2. The van der Waals surface area contributed by atoms with E-state index in [0.29, 0.717) is 23.8 Å². The SMILES string of the molecule is CCOC(=O)c1cc2cc(C[C@@H](C)NC[C@H](O)c3cccc(Cl)c3)ccc2n1Cc1ccc(S(=O)(=O)N(C)C)cc1. The number of fused-ring (bicyclic) bond motifs is 1. The molecule has 0 saturated heterocycles. The molecule has 0 spiro atoms. The Morgan fingerprint density at radius 1 is 1.05 bits per heavy atom. The smallest absolute Gasteiger partial charge is 0.354 e. The van der Waals surface area contributed by atoms with Crippen LogP contribution in [0, 0.1) is 0 Å². The number of halogens is 1. The first-order chi connectivity index (χ1) is 19.5. The minimum absolute atomic E-state index is 0.0878. The second-order valence-electron chi connectivity index (χ2n) is 10.2. The van der Waals surface area contributed by atoms with Gasteiger partial charge in [0.2, 0.25) is 10.0 Å². The number of aliphatic hydroxyl groups excluding tert-OH is 1. The number of hydrogen-bond donors (Lipinski definition) is 2. The van der Waals surface area contributed by atoms with Crippen molar-refractivity contribution in [3.63, 3.8) is 0 Å². The lowest BCUT2D eigenvalue weighted by Gasteiger charge is -2.18. The molecule has 2 N–H and O–H groups in total. The molecule has 0 aliphatic carbocycles. The number of aliphatic hydroxyl groups is 1. The summed E-state index contributed by atoms with van der Waals surface area (Å²) in [5, 5.41) is 15.4. The van der Waals surface area contributed by atoms with E-state index in [1.807, 2.05) is 34.9 Å². The third kappa shape index (κ3) is 7.36. The fourth-order valence-electron chi connectivity index (χ4n) is 4.72. The number of nitrogens with one attached hydrogen (secondary N) is 1. The molecule has 0 fully saturated rings. The van der Waals surface area contributed by atoms with E-state index in [4.69, 9.17) is 16.3 Å². The van der Waals surface area contributed by atoms with Crippen LogP contribution in [0.15, 0.2) is 77.7 Å². The van der Waals surface area contributed by atoms with E-state index in [9.17, 15) is 18.3 Å². The van der Waals surface area contributed by atoms with Crippen molar-refractivity contribution in [2.75, 3.05) is 27.2 Å². The largest absolute Gasteiger partial charge is 0.461 e. The highest BCUT2D eigenvalue weighted by Gasteiger charge is 2.20. The molecule has 10 heteroatoms. The van der Waals surface area contributed by atoms with Gasteiger partial charge in [0.1, 0.15) is 5.69 Å². The number of carbonyl (C=O) groups is 1.